The van der Waals surface area contributed by atoms with E-state index in [0.717, 1.165) is 0 Å². The van der Waals surface area contributed by atoms with Gasteiger partial charge in [0.2, 0.25) is 0 Å². The molecule has 0 saturated carbocycles. The molecule has 0 spiro atoms. The van der Waals surface area contributed by atoms with Crippen LogP contribution in [-0.2, 0) is 0 Å². The maximum Gasteiger partial charge on any atom is 0.0856 e. The molecule has 0 radical (unpaired) electrons. The first kappa shape index (κ1) is 16.3. The van der Waals surface area contributed by atoms with Gasteiger partial charge in [-0.3, -0.25) is 0 Å². The van der Waals surface area contributed by atoms with E-state index in [1.807, 2.05) is 0 Å². The summed E-state index contributed by atoms with van der Waals surface area (Å²) in [5, 5.41) is 38.0. The van der Waals surface area contributed by atoms with Crippen LogP contribution in [0.5, 0.6) is 0 Å². The molecule has 0 bridgehead atoms. The van der Waals surface area contributed by atoms with E-state index < -0.39 is 24.4 Å². The Morgan fingerprint density at radius 2 is 1.41 bits per heavy atom. The smallest absolute Gasteiger partial charge is 0.0856 e. The van der Waals surface area contributed by atoms with Crippen LogP contribution in [0, 0.1) is 11.8 Å². The second-order valence-corrected chi connectivity index (χ2v) is 4.55. The van der Waals surface area contributed by atoms with Gasteiger partial charge in [-0.25, -0.2) is 0 Å². The van der Waals surface area contributed by atoms with E-state index in [4.69, 9.17) is 0 Å². The van der Waals surface area contributed by atoms with Crippen molar-refractivity contribution >= 4 is 0 Å². The van der Waals surface area contributed by atoms with Gasteiger partial charge in [-0.2, -0.15) is 0 Å². The molecule has 17 heavy (non-hydrogen) atoms. The Bertz CT molecular complexity index is 250. The van der Waals surface area contributed by atoms with Crippen molar-refractivity contribution in [1.29, 1.82) is 0 Å². The highest BCUT2D eigenvalue weighted by molar-refractivity contribution is 4.99. The predicted octanol–water partition coefficient (Wildman–Crippen LogP) is 0.464. The highest BCUT2D eigenvalue weighted by atomic mass is 16.3. The molecule has 0 amide bonds. The van der Waals surface area contributed by atoms with Crippen LogP contribution in [0.25, 0.3) is 0 Å². The highest BCUT2D eigenvalue weighted by Crippen LogP contribution is 2.14. The molecule has 0 aromatic carbocycles. The van der Waals surface area contributed by atoms with Crippen LogP contribution >= 0.6 is 0 Å². The minimum absolute atomic E-state index is 0.266. The fourth-order valence-corrected chi connectivity index (χ4v) is 1.43. The number of hydrogen-bond acceptors (Lipinski definition) is 4. The lowest BCUT2D eigenvalue weighted by atomic mass is 9.94. The normalized spacial score (nSPS) is 22.8. The Morgan fingerprint density at radius 1 is 0.882 bits per heavy atom. The second kappa shape index (κ2) is 7.61. The SMILES string of the molecule is C=C[C@@H](O)[C@H](C)[C@H](O)/C=C/[C@H](C)[C@@H](O)[C@@H](C)O. The van der Waals surface area contributed by atoms with Gasteiger partial charge >= 0.3 is 0 Å². The summed E-state index contributed by atoms with van der Waals surface area (Å²) in [5.41, 5.74) is 0. The molecular formula is C13H24O4. The summed E-state index contributed by atoms with van der Waals surface area (Å²) in [6.07, 6.45) is 1.26. The molecule has 0 unspecified atom stereocenters. The Morgan fingerprint density at radius 3 is 1.82 bits per heavy atom. The molecule has 4 heteroatoms. The van der Waals surface area contributed by atoms with Crippen LogP contribution in [0.1, 0.15) is 20.8 Å². The van der Waals surface area contributed by atoms with E-state index in [-0.39, 0.29) is 11.8 Å². The molecule has 0 fully saturated rings. The van der Waals surface area contributed by atoms with E-state index in [0.29, 0.717) is 0 Å². The van der Waals surface area contributed by atoms with E-state index >= 15 is 0 Å². The molecule has 4 nitrogen and oxygen atoms in total. The standard InChI is InChI=1S/C13H24O4/c1-5-11(15)9(3)12(16)7-6-8(2)13(17)10(4)14/h5-17H,1H2,2-4H3/b7-6+/t8-,9-,10+,11+,12+,13+/m0/s1. The summed E-state index contributed by atoms with van der Waals surface area (Å²) in [4.78, 5) is 0. The average molecular weight is 244 g/mol. The van der Waals surface area contributed by atoms with Crippen LogP contribution in [0.2, 0.25) is 0 Å². The van der Waals surface area contributed by atoms with Gasteiger partial charge in [-0.15, -0.1) is 6.58 Å². The lowest BCUT2D eigenvalue weighted by Crippen LogP contribution is -2.29. The first-order valence-corrected chi connectivity index (χ1v) is 5.84. The van der Waals surface area contributed by atoms with Crippen molar-refractivity contribution in [1.82, 2.24) is 0 Å². The molecule has 0 saturated heterocycles. The lowest BCUT2D eigenvalue weighted by Gasteiger charge is -2.21. The van der Waals surface area contributed by atoms with Crippen molar-refractivity contribution in [2.24, 2.45) is 11.8 Å². The quantitative estimate of drug-likeness (QED) is 0.491. The zero-order valence-electron chi connectivity index (χ0n) is 10.7. The van der Waals surface area contributed by atoms with Gasteiger partial charge in [0, 0.05) is 11.8 Å². The Balaban J connectivity index is 4.36. The third-order valence-electron chi connectivity index (χ3n) is 2.96. The second-order valence-electron chi connectivity index (χ2n) is 4.55. The molecule has 0 aliphatic heterocycles. The van der Waals surface area contributed by atoms with E-state index in [2.05, 4.69) is 6.58 Å². The third-order valence-corrected chi connectivity index (χ3v) is 2.96. The summed E-state index contributed by atoms with van der Waals surface area (Å²) >= 11 is 0. The molecule has 0 aliphatic rings. The maximum atomic E-state index is 9.75. The summed E-state index contributed by atoms with van der Waals surface area (Å²) in [7, 11) is 0. The van der Waals surface area contributed by atoms with Crippen molar-refractivity contribution in [3.05, 3.63) is 24.8 Å². The first-order chi connectivity index (χ1) is 7.81. The number of hydrogen-bond donors (Lipinski definition) is 4. The summed E-state index contributed by atoms with van der Waals surface area (Å²) < 4.78 is 0. The van der Waals surface area contributed by atoms with Gasteiger partial charge in [-0.1, -0.05) is 32.1 Å². The van der Waals surface area contributed by atoms with Crippen LogP contribution < -0.4 is 0 Å². The van der Waals surface area contributed by atoms with Crippen LogP contribution in [-0.4, -0.2) is 44.8 Å². The van der Waals surface area contributed by atoms with E-state index in [1.165, 1.54) is 19.1 Å². The van der Waals surface area contributed by atoms with Crippen LogP contribution in [0.3, 0.4) is 0 Å². The fraction of sp³-hybridized carbons (Fsp3) is 0.692. The van der Waals surface area contributed by atoms with Gasteiger partial charge in [0.15, 0.2) is 0 Å². The average Bonchev–Trinajstić information content (AvgIpc) is 2.32. The first-order valence-electron chi connectivity index (χ1n) is 5.84. The third kappa shape index (κ3) is 5.46. The lowest BCUT2D eigenvalue weighted by molar-refractivity contribution is 0.00919. The minimum Gasteiger partial charge on any atom is -0.391 e. The van der Waals surface area contributed by atoms with Crippen molar-refractivity contribution < 1.29 is 20.4 Å². The maximum absolute atomic E-state index is 9.75. The predicted molar refractivity (Wildman–Crippen MR) is 67.4 cm³/mol. The fourth-order valence-electron chi connectivity index (χ4n) is 1.43. The van der Waals surface area contributed by atoms with Gasteiger partial charge < -0.3 is 20.4 Å². The zero-order valence-corrected chi connectivity index (χ0v) is 10.7. The van der Waals surface area contributed by atoms with Gasteiger partial charge in [0.25, 0.3) is 0 Å². The molecule has 0 rings (SSSR count). The number of rotatable bonds is 7. The molecule has 4 N–H and O–H groups in total. The van der Waals surface area contributed by atoms with Gasteiger partial charge in [0.1, 0.15) is 0 Å². The van der Waals surface area contributed by atoms with Gasteiger partial charge in [0.05, 0.1) is 24.4 Å². The highest BCUT2D eigenvalue weighted by Gasteiger charge is 2.20. The van der Waals surface area contributed by atoms with Crippen LogP contribution in [0.15, 0.2) is 24.8 Å². The largest absolute Gasteiger partial charge is 0.391 e. The monoisotopic (exact) mass is 244 g/mol. The van der Waals surface area contributed by atoms with Gasteiger partial charge in [-0.05, 0) is 6.92 Å². The molecule has 0 aromatic heterocycles. The van der Waals surface area contributed by atoms with Crippen molar-refractivity contribution in [2.75, 3.05) is 0 Å². The van der Waals surface area contributed by atoms with Crippen molar-refractivity contribution in [3.8, 4) is 0 Å². The summed E-state index contributed by atoms with van der Waals surface area (Å²) in [5.74, 6) is -0.627. The molecule has 0 aromatic rings. The Kier molecular flexibility index (Phi) is 7.30. The van der Waals surface area contributed by atoms with Crippen LogP contribution in [0.4, 0.5) is 0 Å². The number of aliphatic hydroxyl groups is 4. The van der Waals surface area contributed by atoms with Crippen molar-refractivity contribution in [2.45, 2.75) is 45.2 Å². The van der Waals surface area contributed by atoms with E-state index in [1.54, 1.807) is 19.9 Å². The topological polar surface area (TPSA) is 80.9 Å². The summed E-state index contributed by atoms with van der Waals surface area (Å²) in [6.45, 7) is 8.41. The molecule has 0 heterocycles. The molecule has 0 aliphatic carbocycles. The zero-order chi connectivity index (χ0) is 13.6. The van der Waals surface area contributed by atoms with Crippen molar-refractivity contribution in [3.63, 3.8) is 0 Å². The summed E-state index contributed by atoms with van der Waals surface area (Å²) in [6, 6.07) is 0. The molecular weight excluding hydrogens is 220 g/mol. The molecule has 6 atom stereocenters. The Hall–Kier alpha value is -0.680. The Labute approximate surface area is 103 Å². The number of aliphatic hydroxyl groups excluding tert-OH is 4. The minimum atomic E-state index is -0.863. The molecule has 100 valence electrons. The van der Waals surface area contributed by atoms with E-state index in [9.17, 15) is 20.4 Å².